The molecule has 4 heteroatoms. The van der Waals surface area contributed by atoms with Gasteiger partial charge in [0.2, 0.25) is 5.91 Å². The van der Waals surface area contributed by atoms with Crippen molar-refractivity contribution in [2.24, 2.45) is 0 Å². The van der Waals surface area contributed by atoms with Gasteiger partial charge < -0.3 is 10.2 Å². The van der Waals surface area contributed by atoms with Gasteiger partial charge in [0.1, 0.15) is 5.88 Å². The van der Waals surface area contributed by atoms with Crippen molar-refractivity contribution in [2.75, 3.05) is 19.0 Å². The van der Waals surface area contributed by atoms with Crippen molar-refractivity contribution < 1.29 is 4.79 Å². The first-order chi connectivity index (χ1) is 7.16. The fraction of sp³-hybridized carbons (Fsp3) is 0.909. The molecule has 1 N–H and O–H groups in total. The smallest absolute Gasteiger partial charge is 0.237 e. The second-order valence-electron chi connectivity index (χ2n) is 4.36. The summed E-state index contributed by atoms with van der Waals surface area (Å²) in [6.45, 7) is 6.19. The van der Waals surface area contributed by atoms with Crippen molar-refractivity contribution in [3.8, 4) is 0 Å². The number of nitrogens with one attached hydrogen (secondary N) is 1. The Kier molecular flexibility index (Phi) is 5.40. The van der Waals surface area contributed by atoms with Gasteiger partial charge in [-0.15, -0.1) is 11.6 Å². The van der Waals surface area contributed by atoms with Crippen LogP contribution in [0.2, 0.25) is 0 Å². The summed E-state index contributed by atoms with van der Waals surface area (Å²) in [5.74, 6) is 0.167. The molecule has 1 aliphatic heterocycles. The first-order valence-corrected chi connectivity index (χ1v) is 6.28. The summed E-state index contributed by atoms with van der Waals surface area (Å²) in [7, 11) is 0. The van der Waals surface area contributed by atoms with Crippen LogP contribution in [-0.2, 0) is 4.79 Å². The number of rotatable bonds is 3. The Hall–Kier alpha value is -0.280. The number of amides is 1. The highest BCUT2D eigenvalue weighted by Crippen LogP contribution is 2.17. The zero-order chi connectivity index (χ0) is 11.3. The zero-order valence-electron chi connectivity index (χ0n) is 9.63. The summed E-state index contributed by atoms with van der Waals surface area (Å²) < 4.78 is 0. The summed E-state index contributed by atoms with van der Waals surface area (Å²) in [6, 6.07) is 0.616. The highest BCUT2D eigenvalue weighted by molar-refractivity contribution is 6.27. The van der Waals surface area contributed by atoms with Gasteiger partial charge in [0.05, 0.1) is 0 Å². The first-order valence-electron chi connectivity index (χ1n) is 5.74. The average molecular weight is 233 g/mol. The molecular formula is C11H21ClN2O. The number of hydrogen-bond acceptors (Lipinski definition) is 2. The van der Waals surface area contributed by atoms with Gasteiger partial charge in [0.15, 0.2) is 0 Å². The van der Waals surface area contributed by atoms with Crippen molar-refractivity contribution in [1.29, 1.82) is 0 Å². The lowest BCUT2D eigenvalue weighted by atomic mass is 10.1. The van der Waals surface area contributed by atoms with Gasteiger partial charge >= 0.3 is 0 Å². The van der Waals surface area contributed by atoms with Crippen LogP contribution in [0, 0.1) is 0 Å². The normalized spacial score (nSPS) is 22.5. The van der Waals surface area contributed by atoms with Gasteiger partial charge in [-0.05, 0) is 46.2 Å². The van der Waals surface area contributed by atoms with E-state index in [1.54, 1.807) is 0 Å². The van der Waals surface area contributed by atoms with Gasteiger partial charge in [0.25, 0.3) is 0 Å². The monoisotopic (exact) mass is 232 g/mol. The Labute approximate surface area is 97.2 Å². The molecule has 88 valence electrons. The molecular weight excluding hydrogens is 212 g/mol. The molecule has 1 aliphatic rings. The van der Waals surface area contributed by atoms with E-state index in [-0.39, 0.29) is 17.8 Å². The molecule has 1 amide bonds. The fourth-order valence-corrected chi connectivity index (χ4v) is 2.40. The molecule has 0 aromatic carbocycles. The third-order valence-electron chi connectivity index (χ3n) is 2.90. The molecule has 0 bridgehead atoms. The van der Waals surface area contributed by atoms with Gasteiger partial charge in [-0.2, -0.15) is 0 Å². The molecule has 0 spiro atoms. The van der Waals surface area contributed by atoms with E-state index in [1.807, 2.05) is 4.90 Å². The van der Waals surface area contributed by atoms with Crippen molar-refractivity contribution in [3.05, 3.63) is 0 Å². The number of carbonyl (C=O) groups is 1. The van der Waals surface area contributed by atoms with Gasteiger partial charge in [0, 0.05) is 12.1 Å². The van der Waals surface area contributed by atoms with E-state index in [4.69, 9.17) is 11.6 Å². The lowest BCUT2D eigenvalue weighted by Gasteiger charge is -2.34. The minimum atomic E-state index is 0.0681. The van der Waals surface area contributed by atoms with Gasteiger partial charge in [-0.25, -0.2) is 0 Å². The molecule has 0 aromatic heterocycles. The summed E-state index contributed by atoms with van der Waals surface area (Å²) in [6.07, 6.45) is 3.28. The van der Waals surface area contributed by atoms with E-state index in [0.717, 1.165) is 32.4 Å². The van der Waals surface area contributed by atoms with Gasteiger partial charge in [-0.1, -0.05) is 0 Å². The third-order valence-corrected chi connectivity index (χ3v) is 3.13. The number of hydrogen-bond donors (Lipinski definition) is 1. The highest BCUT2D eigenvalue weighted by atomic mass is 35.5. The minimum Gasteiger partial charge on any atom is -0.336 e. The Morgan fingerprint density at radius 1 is 1.47 bits per heavy atom. The summed E-state index contributed by atoms with van der Waals surface area (Å²) in [4.78, 5) is 13.7. The Bertz CT molecular complexity index is 201. The van der Waals surface area contributed by atoms with Crippen LogP contribution in [0.4, 0.5) is 0 Å². The van der Waals surface area contributed by atoms with Crippen LogP contribution >= 0.6 is 11.6 Å². The molecule has 1 rings (SSSR count). The van der Waals surface area contributed by atoms with E-state index in [9.17, 15) is 4.79 Å². The molecule has 3 nitrogen and oxygen atoms in total. The molecule has 0 aromatic rings. The molecule has 1 fully saturated rings. The van der Waals surface area contributed by atoms with Crippen LogP contribution in [0.15, 0.2) is 0 Å². The van der Waals surface area contributed by atoms with E-state index >= 15 is 0 Å². The number of carbonyl (C=O) groups excluding carboxylic acids is 1. The van der Waals surface area contributed by atoms with Crippen molar-refractivity contribution >= 4 is 17.5 Å². The fourth-order valence-electron chi connectivity index (χ4n) is 2.26. The number of halogens is 1. The molecule has 0 radical (unpaired) electrons. The predicted molar refractivity (Wildman–Crippen MR) is 63.2 cm³/mol. The quantitative estimate of drug-likeness (QED) is 0.750. The predicted octanol–water partition coefficient (Wildman–Crippen LogP) is 1.60. The standard InChI is InChI=1S/C11H21ClN2O/c1-9(2)14(11(15)8-12)10-4-3-6-13-7-5-10/h9-10,13H,3-8H2,1-2H3. The van der Waals surface area contributed by atoms with Crippen molar-refractivity contribution in [3.63, 3.8) is 0 Å². The van der Waals surface area contributed by atoms with Crippen LogP contribution in [0.25, 0.3) is 0 Å². The summed E-state index contributed by atoms with van der Waals surface area (Å²) >= 11 is 5.64. The first kappa shape index (κ1) is 12.8. The second-order valence-corrected chi connectivity index (χ2v) is 4.63. The number of alkyl halides is 1. The lowest BCUT2D eigenvalue weighted by Crippen LogP contribution is -2.45. The Morgan fingerprint density at radius 2 is 2.20 bits per heavy atom. The molecule has 1 atom stereocenters. The Morgan fingerprint density at radius 3 is 2.80 bits per heavy atom. The maximum absolute atomic E-state index is 11.7. The van der Waals surface area contributed by atoms with Crippen LogP contribution < -0.4 is 5.32 Å². The summed E-state index contributed by atoms with van der Waals surface area (Å²) in [5.41, 5.74) is 0. The van der Waals surface area contributed by atoms with Gasteiger partial charge in [-0.3, -0.25) is 4.79 Å². The van der Waals surface area contributed by atoms with Crippen molar-refractivity contribution in [1.82, 2.24) is 10.2 Å². The van der Waals surface area contributed by atoms with E-state index in [0.29, 0.717) is 6.04 Å². The molecule has 1 saturated heterocycles. The van der Waals surface area contributed by atoms with Crippen molar-refractivity contribution in [2.45, 2.75) is 45.2 Å². The zero-order valence-corrected chi connectivity index (χ0v) is 10.4. The average Bonchev–Trinajstić information content (AvgIpc) is 2.46. The topological polar surface area (TPSA) is 32.3 Å². The maximum Gasteiger partial charge on any atom is 0.237 e. The molecule has 1 unspecified atom stereocenters. The molecule has 15 heavy (non-hydrogen) atoms. The molecule has 1 heterocycles. The van der Waals surface area contributed by atoms with E-state index < -0.39 is 0 Å². The van der Waals surface area contributed by atoms with E-state index in [2.05, 4.69) is 19.2 Å². The van der Waals surface area contributed by atoms with Crippen LogP contribution in [-0.4, -0.2) is 41.9 Å². The number of nitrogens with zero attached hydrogens (tertiary/aromatic N) is 1. The van der Waals surface area contributed by atoms with E-state index in [1.165, 1.54) is 0 Å². The van der Waals surface area contributed by atoms with Crippen LogP contribution in [0.5, 0.6) is 0 Å². The van der Waals surface area contributed by atoms with Crippen LogP contribution in [0.3, 0.4) is 0 Å². The largest absolute Gasteiger partial charge is 0.336 e. The second kappa shape index (κ2) is 6.33. The summed E-state index contributed by atoms with van der Waals surface area (Å²) in [5, 5.41) is 3.36. The molecule has 0 aliphatic carbocycles. The highest BCUT2D eigenvalue weighted by Gasteiger charge is 2.25. The third kappa shape index (κ3) is 3.65. The minimum absolute atomic E-state index is 0.0681. The van der Waals surface area contributed by atoms with Crippen LogP contribution in [0.1, 0.15) is 33.1 Å². The lowest BCUT2D eigenvalue weighted by molar-refractivity contribution is -0.133. The maximum atomic E-state index is 11.7. The molecule has 0 saturated carbocycles. The SMILES string of the molecule is CC(C)N(C(=O)CCl)C1CCCNCC1. The Balaban J connectivity index is 2.64.